The predicted octanol–water partition coefficient (Wildman–Crippen LogP) is 2.99. The number of hydrogen-bond acceptors (Lipinski definition) is 12. The molecule has 0 atom stereocenters. The normalized spacial score (nSPS) is 28.0. The lowest BCUT2D eigenvalue weighted by molar-refractivity contribution is -0.291. The van der Waals surface area contributed by atoms with Crippen molar-refractivity contribution in [1.82, 2.24) is 21.3 Å². The molecule has 308 valence electrons. The lowest BCUT2D eigenvalue weighted by atomic mass is 9.87. The van der Waals surface area contributed by atoms with E-state index in [1.165, 1.54) is 48.6 Å². The smallest absolute Gasteiger partial charge is 0.348 e. The molecule has 1 aliphatic carbocycles. The Balaban J connectivity index is 0.885. The van der Waals surface area contributed by atoms with Crippen molar-refractivity contribution in [3.63, 3.8) is 0 Å². The monoisotopic (exact) mass is 816 g/mol. The second-order valence-electron chi connectivity index (χ2n) is 14.9. The molecule has 5 fully saturated rings. The van der Waals surface area contributed by atoms with Gasteiger partial charge in [-0.25, -0.2) is 19.2 Å². The van der Waals surface area contributed by atoms with Gasteiger partial charge in [0.25, 0.3) is 35.2 Å². The van der Waals surface area contributed by atoms with Gasteiger partial charge in [0.2, 0.25) is 0 Å². The molecule has 4 N–H and O–H groups in total. The van der Waals surface area contributed by atoms with Gasteiger partial charge >= 0.3 is 23.9 Å². The highest BCUT2D eigenvalue weighted by atomic mass is 16.8. The van der Waals surface area contributed by atoms with Gasteiger partial charge in [0.1, 0.15) is 33.6 Å². The number of amides is 4. The quantitative estimate of drug-likeness (QED) is 0.172. The molecule has 0 unspecified atom stereocenters. The zero-order valence-electron chi connectivity index (χ0n) is 32.5. The maximum atomic E-state index is 12.9. The number of carbonyl (C=O) groups excluding carboxylic acids is 8. The van der Waals surface area contributed by atoms with Gasteiger partial charge < -0.3 is 40.2 Å². The SMILES string of the molecule is CC1(c2ccccc2)NC(=O)C(=CCC=CC=C2C(=O)OC3(CCC4(CC3)OC(=O)C(=CC=CCC=C3C(=O)NC(C)(c5ccccc5)NC3=O)C(=O)O4)OC2=O)C(=O)N1. The van der Waals surface area contributed by atoms with E-state index in [2.05, 4.69) is 21.3 Å². The molecule has 2 aromatic rings. The van der Waals surface area contributed by atoms with Crippen LogP contribution < -0.4 is 21.3 Å². The van der Waals surface area contributed by atoms with E-state index in [1.807, 2.05) is 12.1 Å². The van der Waals surface area contributed by atoms with Gasteiger partial charge in [0.15, 0.2) is 0 Å². The molecule has 2 spiro atoms. The van der Waals surface area contributed by atoms with Crippen molar-refractivity contribution >= 4 is 47.5 Å². The molecule has 0 radical (unpaired) electrons. The Bertz CT molecular complexity index is 2120. The van der Waals surface area contributed by atoms with Gasteiger partial charge in [-0.1, -0.05) is 97.1 Å². The van der Waals surface area contributed by atoms with E-state index in [-0.39, 0.29) is 60.8 Å². The van der Waals surface area contributed by atoms with E-state index in [4.69, 9.17) is 18.9 Å². The molecule has 2 aromatic carbocycles. The summed E-state index contributed by atoms with van der Waals surface area (Å²) in [5.41, 5.74) is -1.70. The van der Waals surface area contributed by atoms with Crippen LogP contribution in [0.3, 0.4) is 0 Å². The summed E-state index contributed by atoms with van der Waals surface area (Å²) in [6, 6.07) is 18.0. The number of ether oxygens (including phenoxy) is 4. The Morgan fingerprint density at radius 3 is 1.07 bits per heavy atom. The van der Waals surface area contributed by atoms with Gasteiger partial charge in [0, 0.05) is 25.7 Å². The van der Waals surface area contributed by atoms with Crippen molar-refractivity contribution in [2.75, 3.05) is 0 Å². The third-order valence-electron chi connectivity index (χ3n) is 10.6. The second kappa shape index (κ2) is 16.1. The first kappa shape index (κ1) is 40.8. The van der Waals surface area contributed by atoms with Crippen LogP contribution in [0.5, 0.6) is 0 Å². The van der Waals surface area contributed by atoms with Crippen molar-refractivity contribution in [3.05, 3.63) is 143 Å². The van der Waals surface area contributed by atoms with E-state index in [0.717, 1.165) is 0 Å². The van der Waals surface area contributed by atoms with Crippen LogP contribution in [0.15, 0.2) is 132 Å². The van der Waals surface area contributed by atoms with E-state index in [9.17, 15) is 38.4 Å². The van der Waals surface area contributed by atoms with Crippen molar-refractivity contribution in [2.45, 2.75) is 75.3 Å². The van der Waals surface area contributed by atoms with Gasteiger partial charge in [0.05, 0.1) is 0 Å². The molecule has 4 aliphatic heterocycles. The third kappa shape index (κ3) is 8.30. The molecule has 16 heteroatoms. The highest BCUT2D eigenvalue weighted by Gasteiger charge is 2.57. The van der Waals surface area contributed by atoms with E-state index in [0.29, 0.717) is 11.1 Å². The van der Waals surface area contributed by atoms with Crippen LogP contribution in [0, 0.1) is 0 Å². The largest absolute Gasteiger partial charge is 0.419 e. The minimum absolute atomic E-state index is 0.0890. The fourth-order valence-electron chi connectivity index (χ4n) is 7.30. The predicted molar refractivity (Wildman–Crippen MR) is 208 cm³/mol. The fraction of sp³-hybridized carbons (Fsp3) is 0.273. The van der Waals surface area contributed by atoms with Crippen LogP contribution in [0.2, 0.25) is 0 Å². The minimum Gasteiger partial charge on any atom is -0.419 e. The lowest BCUT2D eigenvalue weighted by Crippen LogP contribution is -2.62. The highest BCUT2D eigenvalue weighted by Crippen LogP contribution is 2.45. The van der Waals surface area contributed by atoms with Crippen molar-refractivity contribution in [2.24, 2.45) is 0 Å². The zero-order valence-corrected chi connectivity index (χ0v) is 32.5. The Morgan fingerprint density at radius 2 is 0.767 bits per heavy atom. The lowest BCUT2D eigenvalue weighted by Gasteiger charge is -2.45. The first-order chi connectivity index (χ1) is 28.6. The molecule has 7 rings (SSSR count). The topological polar surface area (TPSA) is 222 Å². The number of benzene rings is 2. The highest BCUT2D eigenvalue weighted by molar-refractivity contribution is 6.21. The van der Waals surface area contributed by atoms with Gasteiger partial charge in [-0.15, -0.1) is 0 Å². The van der Waals surface area contributed by atoms with Crippen molar-refractivity contribution in [1.29, 1.82) is 0 Å². The summed E-state index contributed by atoms with van der Waals surface area (Å²) in [6.45, 7) is 3.36. The van der Waals surface area contributed by atoms with Crippen LogP contribution in [-0.2, 0) is 68.6 Å². The molecule has 60 heavy (non-hydrogen) atoms. The van der Waals surface area contributed by atoms with Crippen LogP contribution >= 0.6 is 0 Å². The summed E-state index contributed by atoms with van der Waals surface area (Å²) in [7, 11) is 0. The molecule has 16 nitrogen and oxygen atoms in total. The second-order valence-corrected chi connectivity index (χ2v) is 14.9. The van der Waals surface area contributed by atoms with Gasteiger partial charge in [-0.2, -0.15) is 0 Å². The summed E-state index contributed by atoms with van der Waals surface area (Å²) >= 11 is 0. The number of allylic oxidation sites excluding steroid dienone is 8. The Morgan fingerprint density at radius 1 is 0.467 bits per heavy atom. The molecule has 0 bridgehead atoms. The molecule has 1 saturated carbocycles. The van der Waals surface area contributed by atoms with E-state index >= 15 is 0 Å². The standard InChI is InChI=1S/C44H40N4O12/c1-41(27-15-7-3-8-16-27)45-33(49)29(34(50)46-41)19-11-5-13-21-31-37(53)57-43(58-38(31)54)23-25-44(26-24-43)59-39(55)32(40(56)60-44)22-14-6-12-20-30-35(51)47-42(2,48-36(30)52)28-17-9-4-10-18-28/h3-10,13-22H,11-12,23-26H2,1-2H3,(H,45,49)(H,46,50)(H,47,51)(H,48,52). The molecular formula is C44H40N4O12. The number of hydrogen-bond donors (Lipinski definition) is 4. The van der Waals surface area contributed by atoms with Gasteiger partial charge in [-0.3, -0.25) is 19.2 Å². The molecule has 0 aromatic heterocycles. The maximum Gasteiger partial charge on any atom is 0.348 e. The minimum atomic E-state index is -1.67. The van der Waals surface area contributed by atoms with Crippen LogP contribution in [-0.4, -0.2) is 59.1 Å². The molecular weight excluding hydrogens is 777 g/mol. The number of carbonyl (C=O) groups is 8. The first-order valence-electron chi connectivity index (χ1n) is 19.1. The number of rotatable bonds is 8. The summed E-state index contributed by atoms with van der Waals surface area (Å²) in [4.78, 5) is 103. The molecule has 4 saturated heterocycles. The summed E-state index contributed by atoms with van der Waals surface area (Å²) < 4.78 is 22.2. The average molecular weight is 817 g/mol. The maximum absolute atomic E-state index is 12.9. The Labute approximate surface area is 343 Å². The van der Waals surface area contributed by atoms with Crippen molar-refractivity contribution < 1.29 is 57.3 Å². The van der Waals surface area contributed by atoms with E-state index in [1.54, 1.807) is 62.4 Å². The number of esters is 4. The Hall–Kier alpha value is -7.36. The fourth-order valence-corrected chi connectivity index (χ4v) is 7.30. The molecule has 5 aliphatic rings. The average Bonchev–Trinajstić information content (AvgIpc) is 3.20. The van der Waals surface area contributed by atoms with Gasteiger partial charge in [-0.05, 0) is 50.0 Å². The van der Waals surface area contributed by atoms with E-state index < -0.39 is 70.4 Å². The summed E-state index contributed by atoms with van der Waals surface area (Å²) in [5.74, 6) is -9.34. The number of nitrogens with one attached hydrogen (secondary N) is 4. The van der Waals surface area contributed by atoms with Crippen LogP contribution in [0.1, 0.15) is 63.5 Å². The third-order valence-corrected chi connectivity index (χ3v) is 10.6. The molecule has 4 amide bonds. The van der Waals surface area contributed by atoms with Crippen LogP contribution in [0.4, 0.5) is 0 Å². The first-order valence-corrected chi connectivity index (χ1v) is 19.1. The molecule has 4 heterocycles. The Kier molecular flexibility index (Phi) is 11.0. The van der Waals surface area contributed by atoms with Crippen LogP contribution in [0.25, 0.3) is 0 Å². The van der Waals surface area contributed by atoms with Crippen molar-refractivity contribution in [3.8, 4) is 0 Å². The zero-order chi connectivity index (χ0) is 42.7. The summed E-state index contributed by atoms with van der Waals surface area (Å²) in [6.07, 6.45) is 10.8. The summed E-state index contributed by atoms with van der Waals surface area (Å²) in [5, 5.41) is 11.2.